The minimum absolute atomic E-state index is 0.00752. The van der Waals surface area contributed by atoms with Gasteiger partial charge in [0.1, 0.15) is 34.2 Å². The minimum atomic E-state index is -1.17. The molecule has 4 aliphatic rings. The lowest BCUT2D eigenvalue weighted by Crippen LogP contribution is -2.64. The summed E-state index contributed by atoms with van der Waals surface area (Å²) in [7, 11) is 0. The number of rotatable bonds is 8. The van der Waals surface area contributed by atoms with E-state index in [4.69, 9.17) is 19.4 Å². The highest BCUT2D eigenvalue weighted by atomic mass is 32.2. The number of likely N-dealkylation sites (tertiary alicyclic amines) is 1. The lowest BCUT2D eigenvalue weighted by Gasteiger charge is -2.53. The van der Waals surface area contributed by atoms with Gasteiger partial charge in [0.25, 0.3) is 0 Å². The fraction of sp³-hybridized carbons (Fsp3) is 0.575. The molecule has 1 saturated carbocycles. The molecule has 5 heterocycles. The molecule has 286 valence electrons. The Balaban J connectivity index is 0.00000214. The van der Waals surface area contributed by atoms with Crippen LogP contribution in [0, 0.1) is 17.0 Å². The summed E-state index contributed by atoms with van der Waals surface area (Å²) in [6, 6.07) is 6.95. The maximum atomic E-state index is 17.1. The van der Waals surface area contributed by atoms with Gasteiger partial charge in [0, 0.05) is 48.9 Å². The third-order valence-corrected chi connectivity index (χ3v) is 12.4. The monoisotopic (exact) mass is 750 g/mol. The Hall–Kier alpha value is -3.36. The van der Waals surface area contributed by atoms with Gasteiger partial charge < -0.3 is 24.6 Å². The zero-order chi connectivity index (χ0) is 37.5. The number of phenolic OH excluding ortho intramolecular Hbond substituents is 1. The van der Waals surface area contributed by atoms with Gasteiger partial charge in [-0.1, -0.05) is 45.2 Å². The molecule has 3 unspecified atom stereocenters. The van der Waals surface area contributed by atoms with Gasteiger partial charge in [-0.3, -0.25) is 9.88 Å². The molecule has 10 nitrogen and oxygen atoms in total. The quantitative estimate of drug-likeness (QED) is 0.182. The molecule has 13 heteroatoms. The average Bonchev–Trinajstić information content (AvgIpc) is 3.48. The summed E-state index contributed by atoms with van der Waals surface area (Å²) in [6.45, 7) is 12.3. The number of nitrogens with zero attached hydrogens (tertiary/aromatic N) is 6. The van der Waals surface area contributed by atoms with Crippen LogP contribution in [0.3, 0.4) is 0 Å². The van der Waals surface area contributed by atoms with Gasteiger partial charge in [-0.25, -0.2) is 13.1 Å². The van der Waals surface area contributed by atoms with Crippen LogP contribution >= 0.6 is 11.9 Å². The summed E-state index contributed by atoms with van der Waals surface area (Å²) >= 11 is 1.80. The first kappa shape index (κ1) is 37.9. The van der Waals surface area contributed by atoms with Gasteiger partial charge in [0.2, 0.25) is 0 Å². The molecule has 8 rings (SSSR count). The van der Waals surface area contributed by atoms with Crippen LogP contribution in [0.25, 0.3) is 32.9 Å². The second-order valence-corrected chi connectivity index (χ2v) is 15.9. The Morgan fingerprint density at radius 1 is 1.09 bits per heavy atom. The van der Waals surface area contributed by atoms with Crippen LogP contribution in [-0.2, 0) is 11.2 Å². The number of aryl methyl sites for hydroxylation is 1. The number of aromatic nitrogens is 3. The van der Waals surface area contributed by atoms with Gasteiger partial charge in [0.05, 0.1) is 31.8 Å². The first-order valence-corrected chi connectivity index (χ1v) is 20.3. The number of aromatic hydroxyl groups is 1. The molecule has 0 amide bonds. The third kappa shape index (κ3) is 7.15. The van der Waals surface area contributed by atoms with Crippen LogP contribution in [-0.4, -0.2) is 111 Å². The van der Waals surface area contributed by atoms with E-state index >= 15 is 8.78 Å². The van der Waals surface area contributed by atoms with Crippen LogP contribution in [0.2, 0.25) is 0 Å². The summed E-state index contributed by atoms with van der Waals surface area (Å²) < 4.78 is 46.8. The maximum absolute atomic E-state index is 17.1. The standard InChI is InChI=1S/C38H46F2N6O4S.C2H6/c1-4-26-29(39)9-8-23-15-25(47)16-27(31(23)26)33-32(40)34-28(17-41-33)35(44-13-14-49-21-37(2,48)20-44)43-36(42-34)50-22-38-10-5-7-30(38)46(12-6-11-38)24-18-45(19-24)51-3;1-2/h8-9,15-17,24,30,47-48H,4-7,10-14,18-22H2,1-3H3;1-2H3. The van der Waals surface area contributed by atoms with Crippen LogP contribution in [0.1, 0.15) is 65.4 Å². The van der Waals surface area contributed by atoms with Crippen LogP contribution in [0.5, 0.6) is 11.8 Å². The lowest BCUT2D eigenvalue weighted by atomic mass is 9.74. The van der Waals surface area contributed by atoms with Crippen LogP contribution in [0.15, 0.2) is 30.5 Å². The number of phenols is 1. The van der Waals surface area contributed by atoms with Gasteiger partial charge in [-0.2, -0.15) is 9.97 Å². The van der Waals surface area contributed by atoms with Crippen molar-refractivity contribution in [2.75, 3.05) is 63.7 Å². The van der Waals surface area contributed by atoms with Crippen molar-refractivity contribution in [3.63, 3.8) is 0 Å². The molecule has 4 aromatic rings. The van der Waals surface area contributed by atoms with E-state index in [1.54, 1.807) is 31.0 Å². The van der Waals surface area contributed by atoms with Crippen molar-refractivity contribution < 1.29 is 28.5 Å². The van der Waals surface area contributed by atoms with E-state index < -0.39 is 17.2 Å². The molecule has 53 heavy (non-hydrogen) atoms. The highest BCUT2D eigenvalue weighted by Crippen LogP contribution is 2.49. The van der Waals surface area contributed by atoms with E-state index in [1.165, 1.54) is 18.3 Å². The van der Waals surface area contributed by atoms with E-state index in [0.29, 0.717) is 65.8 Å². The molecule has 4 fully saturated rings. The molecule has 2 N–H and O–H groups in total. The number of β-amino-alcohol motifs (C(OH)–C–C–N with tert-alkyl or cyclic N) is 1. The zero-order valence-electron chi connectivity index (χ0n) is 31.5. The molecule has 0 bridgehead atoms. The summed E-state index contributed by atoms with van der Waals surface area (Å²) in [5.41, 5.74) is -0.564. The number of benzene rings is 2. The van der Waals surface area contributed by atoms with E-state index in [1.807, 2.05) is 25.7 Å². The second-order valence-electron chi connectivity index (χ2n) is 15.0. The fourth-order valence-electron chi connectivity index (χ4n) is 9.09. The smallest absolute Gasteiger partial charge is 0.319 e. The van der Waals surface area contributed by atoms with Crippen molar-refractivity contribution in [1.29, 1.82) is 0 Å². The number of hydrogen-bond acceptors (Lipinski definition) is 11. The predicted molar refractivity (Wildman–Crippen MR) is 207 cm³/mol. The molecule has 2 aromatic heterocycles. The highest BCUT2D eigenvalue weighted by molar-refractivity contribution is 7.96. The van der Waals surface area contributed by atoms with Crippen LogP contribution < -0.4 is 9.64 Å². The maximum Gasteiger partial charge on any atom is 0.319 e. The molecular formula is C40H52F2N6O4S. The number of hydrogen-bond donors (Lipinski definition) is 2. The number of fused-ring (bicyclic) bond motifs is 3. The normalized spacial score (nSPS) is 25.5. The van der Waals surface area contributed by atoms with Crippen molar-refractivity contribution in [3.8, 4) is 23.0 Å². The zero-order valence-corrected chi connectivity index (χ0v) is 32.3. The topological polar surface area (TPSA) is 107 Å². The highest BCUT2D eigenvalue weighted by Gasteiger charge is 2.51. The summed E-state index contributed by atoms with van der Waals surface area (Å²) in [5.74, 6) is -0.807. The van der Waals surface area contributed by atoms with Crippen molar-refractivity contribution in [3.05, 3.63) is 47.7 Å². The Labute approximate surface area is 315 Å². The molecule has 0 radical (unpaired) electrons. The summed E-state index contributed by atoms with van der Waals surface area (Å²) in [6.07, 6.45) is 9.51. The Kier molecular flexibility index (Phi) is 11.0. The number of anilines is 1. The molecule has 3 aliphatic heterocycles. The number of aliphatic hydroxyl groups is 1. The van der Waals surface area contributed by atoms with Gasteiger partial charge >= 0.3 is 6.01 Å². The van der Waals surface area contributed by atoms with Crippen molar-refractivity contribution in [1.82, 2.24) is 24.2 Å². The molecule has 1 aliphatic carbocycles. The Bertz CT molecular complexity index is 1960. The Morgan fingerprint density at radius 2 is 1.89 bits per heavy atom. The van der Waals surface area contributed by atoms with Crippen molar-refractivity contribution in [2.45, 2.75) is 83.9 Å². The molecule has 3 saturated heterocycles. The summed E-state index contributed by atoms with van der Waals surface area (Å²) in [4.78, 5) is 18.8. The minimum Gasteiger partial charge on any atom is -0.508 e. The molecular weight excluding hydrogens is 699 g/mol. The van der Waals surface area contributed by atoms with Crippen LogP contribution in [0.4, 0.5) is 14.6 Å². The van der Waals surface area contributed by atoms with Gasteiger partial charge in [-0.15, -0.1) is 0 Å². The molecule has 0 spiro atoms. The third-order valence-electron chi connectivity index (χ3n) is 11.5. The SMILES string of the molecule is CC.CCc1c(F)ccc2cc(O)cc(-c3ncc4c(N5CCOCC(C)(O)C5)nc(OCC56CCCC5N(C5CN(SC)C5)CCC6)nc4c3F)c12. The average molecular weight is 751 g/mol. The molecule has 3 atom stereocenters. The van der Waals surface area contributed by atoms with Crippen molar-refractivity contribution >= 4 is 39.4 Å². The van der Waals surface area contributed by atoms with E-state index in [-0.39, 0.29) is 47.1 Å². The largest absolute Gasteiger partial charge is 0.508 e. The predicted octanol–water partition coefficient (Wildman–Crippen LogP) is 6.98. The molecule has 2 aromatic carbocycles. The number of piperidine rings is 1. The Morgan fingerprint density at radius 3 is 2.66 bits per heavy atom. The van der Waals surface area contributed by atoms with Crippen molar-refractivity contribution in [2.24, 2.45) is 5.41 Å². The van der Waals surface area contributed by atoms with E-state index in [9.17, 15) is 10.2 Å². The number of ether oxygens (including phenoxy) is 2. The van der Waals surface area contributed by atoms with E-state index in [2.05, 4.69) is 20.4 Å². The van der Waals surface area contributed by atoms with E-state index in [0.717, 1.165) is 51.7 Å². The fourth-order valence-corrected chi connectivity index (χ4v) is 9.73. The van der Waals surface area contributed by atoms with Gasteiger partial charge in [0.15, 0.2) is 5.82 Å². The summed E-state index contributed by atoms with van der Waals surface area (Å²) in [5, 5.41) is 23.2. The van der Waals surface area contributed by atoms with Gasteiger partial charge in [-0.05, 0) is 86.4 Å². The number of halogens is 2. The lowest BCUT2D eigenvalue weighted by molar-refractivity contribution is -0.0466. The number of pyridine rings is 1. The first-order chi connectivity index (χ1) is 25.6. The first-order valence-electron chi connectivity index (χ1n) is 19.1. The second kappa shape index (κ2) is 15.4.